The Hall–Kier alpha value is -2.45. The topological polar surface area (TPSA) is 74.3 Å². The van der Waals surface area contributed by atoms with Crippen LogP contribution in [0.4, 0.5) is 0 Å². The summed E-state index contributed by atoms with van der Waals surface area (Å²) >= 11 is 0. The molecule has 8 heteroatoms. The summed E-state index contributed by atoms with van der Waals surface area (Å²) in [4.78, 5) is 0.0407. The molecule has 7 nitrogen and oxygen atoms in total. The summed E-state index contributed by atoms with van der Waals surface area (Å²) in [5.41, 5.74) is 0. The van der Waals surface area contributed by atoms with Gasteiger partial charge in [0.1, 0.15) is 29.1 Å². The summed E-state index contributed by atoms with van der Waals surface area (Å²) in [6.07, 6.45) is -0.415. The summed E-state index contributed by atoms with van der Waals surface area (Å²) in [5.74, 6) is 1.95. The first-order chi connectivity index (χ1) is 12.5. The highest BCUT2D eigenvalue weighted by atomic mass is 32.2. The van der Waals surface area contributed by atoms with Crippen molar-refractivity contribution in [1.82, 2.24) is 4.31 Å². The van der Waals surface area contributed by atoms with Gasteiger partial charge in [0, 0.05) is 13.1 Å². The van der Waals surface area contributed by atoms with Crippen molar-refractivity contribution in [3.63, 3.8) is 0 Å². The third-order valence-corrected chi connectivity index (χ3v) is 5.93. The number of hydrogen-bond acceptors (Lipinski definition) is 6. The second kappa shape index (κ2) is 7.43. The first-order valence-corrected chi connectivity index (χ1v) is 9.46. The normalized spacial score (nSPS) is 16.4. The monoisotopic (exact) mass is 379 g/mol. The van der Waals surface area contributed by atoms with Crippen LogP contribution in [0.2, 0.25) is 0 Å². The maximum Gasteiger partial charge on any atom is 0.246 e. The maximum absolute atomic E-state index is 13.0. The Balaban J connectivity index is 1.80. The molecular weight excluding hydrogens is 358 g/mol. The number of methoxy groups -OCH3 is 2. The molecule has 0 saturated heterocycles. The van der Waals surface area contributed by atoms with Crippen LogP contribution < -0.4 is 18.9 Å². The lowest BCUT2D eigenvalue weighted by Crippen LogP contribution is -2.41. The highest BCUT2D eigenvalue weighted by molar-refractivity contribution is 7.89. The van der Waals surface area contributed by atoms with Gasteiger partial charge in [-0.15, -0.1) is 0 Å². The fourth-order valence-corrected chi connectivity index (χ4v) is 4.06. The van der Waals surface area contributed by atoms with E-state index in [1.54, 1.807) is 18.2 Å². The smallest absolute Gasteiger partial charge is 0.246 e. The molecule has 0 unspecified atom stereocenters. The minimum Gasteiger partial charge on any atom is -0.497 e. The van der Waals surface area contributed by atoms with Crippen LogP contribution in [0.5, 0.6) is 23.0 Å². The molecule has 0 saturated carbocycles. The van der Waals surface area contributed by atoms with Gasteiger partial charge in [-0.05, 0) is 24.3 Å². The minimum absolute atomic E-state index is 0.0407. The number of sulfonamides is 1. The molecule has 140 valence electrons. The van der Waals surface area contributed by atoms with E-state index in [-0.39, 0.29) is 23.8 Å². The van der Waals surface area contributed by atoms with Crippen LogP contribution in [-0.2, 0) is 10.0 Å². The minimum atomic E-state index is -3.80. The SMILES string of the molecule is COc1ccc(OC)c(S(=O)(=O)N(C)C[C@H]2COc3ccccc3O2)c1. The fraction of sp³-hybridized carbons (Fsp3) is 0.333. The van der Waals surface area contributed by atoms with E-state index in [4.69, 9.17) is 18.9 Å². The van der Waals surface area contributed by atoms with Crippen LogP contribution in [0.1, 0.15) is 0 Å². The lowest BCUT2D eigenvalue weighted by molar-refractivity contribution is 0.0798. The standard InChI is InChI=1S/C18H21NO6S/c1-19(11-14-12-24-15-6-4-5-7-16(15)25-14)26(20,21)18-10-13(22-2)8-9-17(18)23-3/h4-10,14H,11-12H2,1-3H3/t14-/m0/s1. The summed E-state index contributed by atoms with van der Waals surface area (Å²) in [7, 11) is 0.605. The van der Waals surface area contributed by atoms with E-state index in [2.05, 4.69) is 0 Å². The summed E-state index contributed by atoms with van der Waals surface area (Å²) in [5, 5.41) is 0. The van der Waals surface area contributed by atoms with Gasteiger partial charge in [0.05, 0.1) is 20.8 Å². The Labute approximate surface area is 153 Å². The van der Waals surface area contributed by atoms with Gasteiger partial charge < -0.3 is 18.9 Å². The van der Waals surface area contributed by atoms with Crippen LogP contribution in [0, 0.1) is 0 Å². The maximum atomic E-state index is 13.0. The molecule has 3 rings (SSSR count). The third kappa shape index (κ3) is 3.56. The van der Waals surface area contributed by atoms with Crippen LogP contribution >= 0.6 is 0 Å². The molecule has 0 spiro atoms. The Kier molecular flexibility index (Phi) is 5.24. The van der Waals surface area contributed by atoms with E-state index in [0.717, 1.165) is 0 Å². The van der Waals surface area contributed by atoms with Gasteiger partial charge in [-0.25, -0.2) is 8.42 Å². The van der Waals surface area contributed by atoms with Crippen molar-refractivity contribution in [3.8, 4) is 23.0 Å². The van der Waals surface area contributed by atoms with Crippen LogP contribution in [-0.4, -0.2) is 53.2 Å². The van der Waals surface area contributed by atoms with E-state index in [1.165, 1.54) is 31.6 Å². The number of nitrogens with zero attached hydrogens (tertiary/aromatic N) is 1. The van der Waals surface area contributed by atoms with Crippen molar-refractivity contribution >= 4 is 10.0 Å². The first-order valence-electron chi connectivity index (χ1n) is 8.02. The molecule has 26 heavy (non-hydrogen) atoms. The Bertz CT molecular complexity index is 883. The molecule has 0 aromatic heterocycles. The van der Waals surface area contributed by atoms with Crippen molar-refractivity contribution in [3.05, 3.63) is 42.5 Å². The van der Waals surface area contributed by atoms with Crippen molar-refractivity contribution in [2.45, 2.75) is 11.0 Å². The van der Waals surface area contributed by atoms with Crippen molar-refractivity contribution < 1.29 is 27.4 Å². The number of ether oxygens (including phenoxy) is 4. The van der Waals surface area contributed by atoms with E-state index >= 15 is 0 Å². The summed E-state index contributed by atoms with van der Waals surface area (Å²) in [6.45, 7) is 0.406. The predicted molar refractivity (Wildman–Crippen MR) is 95.7 cm³/mol. The van der Waals surface area contributed by atoms with Crippen molar-refractivity contribution in [2.75, 3.05) is 34.4 Å². The zero-order valence-corrected chi connectivity index (χ0v) is 15.7. The molecule has 1 heterocycles. The molecule has 0 radical (unpaired) electrons. The second-order valence-corrected chi connectivity index (χ2v) is 7.81. The number of hydrogen-bond donors (Lipinski definition) is 0. The van der Waals surface area contributed by atoms with Crippen molar-refractivity contribution in [1.29, 1.82) is 0 Å². The highest BCUT2D eigenvalue weighted by Crippen LogP contribution is 2.33. The Morgan fingerprint density at radius 1 is 1.12 bits per heavy atom. The first kappa shape index (κ1) is 18.3. The Morgan fingerprint density at radius 3 is 2.54 bits per heavy atom. The molecule has 1 aliphatic heterocycles. The largest absolute Gasteiger partial charge is 0.497 e. The molecule has 1 aliphatic rings. The number of likely N-dealkylation sites (N-methyl/N-ethyl adjacent to an activating group) is 1. The molecule has 0 N–H and O–H groups in total. The predicted octanol–water partition coefficient (Wildman–Crippen LogP) is 2.16. The van der Waals surface area contributed by atoms with Gasteiger partial charge in [-0.1, -0.05) is 12.1 Å². The zero-order valence-electron chi connectivity index (χ0n) is 14.8. The lowest BCUT2D eigenvalue weighted by Gasteiger charge is -2.29. The third-order valence-electron chi connectivity index (χ3n) is 4.09. The average Bonchev–Trinajstić information content (AvgIpc) is 2.67. The molecule has 0 amide bonds. The number of benzene rings is 2. The van der Waals surface area contributed by atoms with Gasteiger partial charge in [0.2, 0.25) is 10.0 Å². The lowest BCUT2D eigenvalue weighted by atomic mass is 10.2. The van der Waals surface area contributed by atoms with E-state index < -0.39 is 16.1 Å². The zero-order chi connectivity index (χ0) is 18.7. The second-order valence-electron chi connectivity index (χ2n) is 5.80. The van der Waals surface area contributed by atoms with Crippen LogP contribution in [0.25, 0.3) is 0 Å². The molecule has 2 aromatic carbocycles. The molecule has 1 atom stereocenters. The quantitative estimate of drug-likeness (QED) is 0.766. The number of para-hydroxylation sites is 2. The highest BCUT2D eigenvalue weighted by Gasteiger charge is 2.30. The van der Waals surface area contributed by atoms with Gasteiger partial charge in [0.15, 0.2) is 11.5 Å². The van der Waals surface area contributed by atoms with Gasteiger partial charge in [0.25, 0.3) is 0 Å². The molecular formula is C18H21NO6S. The molecule has 0 aliphatic carbocycles. The summed E-state index contributed by atoms with van der Waals surface area (Å²) < 4.78 is 49.0. The van der Waals surface area contributed by atoms with Crippen LogP contribution in [0.15, 0.2) is 47.4 Å². The summed E-state index contributed by atoms with van der Waals surface area (Å²) in [6, 6.07) is 12.0. The van der Waals surface area contributed by atoms with Gasteiger partial charge in [-0.2, -0.15) is 4.31 Å². The molecule has 0 bridgehead atoms. The number of rotatable bonds is 6. The fourth-order valence-electron chi connectivity index (χ4n) is 2.69. The molecule has 0 fully saturated rings. The van der Waals surface area contributed by atoms with Crippen LogP contribution in [0.3, 0.4) is 0 Å². The number of fused-ring (bicyclic) bond motifs is 1. The molecule has 2 aromatic rings. The average molecular weight is 379 g/mol. The van der Waals surface area contributed by atoms with Gasteiger partial charge in [-0.3, -0.25) is 0 Å². The Morgan fingerprint density at radius 2 is 1.85 bits per heavy atom. The van der Waals surface area contributed by atoms with E-state index in [0.29, 0.717) is 17.2 Å². The van der Waals surface area contributed by atoms with E-state index in [1.807, 2.05) is 18.2 Å². The van der Waals surface area contributed by atoms with Gasteiger partial charge >= 0.3 is 0 Å². The van der Waals surface area contributed by atoms with Crippen molar-refractivity contribution in [2.24, 2.45) is 0 Å². The van der Waals surface area contributed by atoms with E-state index in [9.17, 15) is 8.42 Å².